The molecule has 1 N–H and O–H groups in total. The van der Waals surface area contributed by atoms with Gasteiger partial charge in [0.25, 0.3) is 0 Å². The molecule has 2 aromatic heterocycles. The lowest BCUT2D eigenvalue weighted by atomic mass is 10.1. The smallest absolute Gasteiger partial charge is 0.233 e. The summed E-state index contributed by atoms with van der Waals surface area (Å²) in [6, 6.07) is 3.58. The Balaban J connectivity index is 2.25. The predicted octanol–water partition coefficient (Wildman–Crippen LogP) is 1.71. The van der Waals surface area contributed by atoms with Gasteiger partial charge in [-0.1, -0.05) is 0 Å². The topological polar surface area (TPSA) is 72.8 Å². The Morgan fingerprint density at radius 1 is 1.10 bits per heavy atom. The van der Waals surface area contributed by atoms with Crippen LogP contribution in [0.15, 0.2) is 12.1 Å². The number of hydrogen-bond acceptors (Lipinski definition) is 6. The summed E-state index contributed by atoms with van der Waals surface area (Å²) in [6.45, 7) is 5.03. The Labute approximate surface area is 125 Å². The number of ether oxygens (including phenoxy) is 1. The number of aryl methyl sites for hydroxylation is 2. The molecule has 0 saturated heterocycles. The molecule has 2 heterocycles. The largest absolute Gasteiger partial charge is 0.480 e. The van der Waals surface area contributed by atoms with E-state index >= 15 is 0 Å². The SMILES string of the molecule is CNCCCc1c(C)nc(-c2ccc(OC)nn2)nc1C. The van der Waals surface area contributed by atoms with Gasteiger partial charge in [-0.25, -0.2) is 9.97 Å². The second kappa shape index (κ2) is 7.08. The van der Waals surface area contributed by atoms with Gasteiger partial charge in [-0.3, -0.25) is 0 Å². The first kappa shape index (κ1) is 15.3. The van der Waals surface area contributed by atoms with Crippen LogP contribution in [-0.4, -0.2) is 40.9 Å². The molecule has 0 aliphatic carbocycles. The van der Waals surface area contributed by atoms with Crippen LogP contribution >= 0.6 is 0 Å². The van der Waals surface area contributed by atoms with Crippen molar-refractivity contribution in [2.45, 2.75) is 26.7 Å². The molecule has 0 saturated carbocycles. The minimum atomic E-state index is 0.482. The van der Waals surface area contributed by atoms with Crippen molar-refractivity contribution in [3.63, 3.8) is 0 Å². The number of nitrogens with zero attached hydrogens (tertiary/aromatic N) is 4. The summed E-state index contributed by atoms with van der Waals surface area (Å²) in [7, 11) is 3.52. The second-order valence-electron chi connectivity index (χ2n) is 4.86. The Bertz CT molecular complexity index is 575. The Kier molecular flexibility index (Phi) is 5.16. The molecule has 6 heteroatoms. The van der Waals surface area contributed by atoms with E-state index < -0.39 is 0 Å². The highest BCUT2D eigenvalue weighted by atomic mass is 16.5. The summed E-state index contributed by atoms with van der Waals surface area (Å²) in [4.78, 5) is 9.13. The maximum atomic E-state index is 5.01. The van der Waals surface area contributed by atoms with Gasteiger partial charge in [-0.2, -0.15) is 0 Å². The van der Waals surface area contributed by atoms with Crippen molar-refractivity contribution >= 4 is 0 Å². The third-order valence-electron chi connectivity index (χ3n) is 3.35. The number of rotatable bonds is 6. The highest BCUT2D eigenvalue weighted by molar-refractivity contribution is 5.50. The van der Waals surface area contributed by atoms with Crippen LogP contribution in [0.3, 0.4) is 0 Å². The van der Waals surface area contributed by atoms with Crippen LogP contribution in [0.4, 0.5) is 0 Å². The fourth-order valence-electron chi connectivity index (χ4n) is 2.21. The summed E-state index contributed by atoms with van der Waals surface area (Å²) in [5.74, 6) is 1.09. The van der Waals surface area contributed by atoms with Gasteiger partial charge >= 0.3 is 0 Å². The summed E-state index contributed by atoms with van der Waals surface area (Å²) in [5.41, 5.74) is 3.89. The van der Waals surface area contributed by atoms with Crippen molar-refractivity contribution < 1.29 is 4.74 Å². The normalized spacial score (nSPS) is 10.7. The van der Waals surface area contributed by atoms with Crippen LogP contribution in [0.2, 0.25) is 0 Å². The Hall–Kier alpha value is -2.08. The van der Waals surface area contributed by atoms with E-state index in [1.54, 1.807) is 13.2 Å². The molecule has 112 valence electrons. The highest BCUT2D eigenvalue weighted by Gasteiger charge is 2.11. The molecule has 0 fully saturated rings. The fourth-order valence-corrected chi connectivity index (χ4v) is 2.21. The average molecular weight is 287 g/mol. The quantitative estimate of drug-likeness (QED) is 0.815. The molecule has 0 radical (unpaired) electrons. The summed E-state index contributed by atoms with van der Waals surface area (Å²) in [5, 5.41) is 11.2. The van der Waals surface area contributed by atoms with E-state index in [0.29, 0.717) is 17.4 Å². The first-order valence-electron chi connectivity index (χ1n) is 7.02. The van der Waals surface area contributed by atoms with Crippen LogP contribution < -0.4 is 10.1 Å². The molecule has 0 atom stereocenters. The van der Waals surface area contributed by atoms with E-state index in [-0.39, 0.29) is 0 Å². The highest BCUT2D eigenvalue weighted by Crippen LogP contribution is 2.18. The molecule has 2 rings (SSSR count). The molecule has 0 bridgehead atoms. The molecule has 0 spiro atoms. The number of hydrogen-bond donors (Lipinski definition) is 1. The van der Waals surface area contributed by atoms with Gasteiger partial charge in [0.05, 0.1) is 7.11 Å². The van der Waals surface area contributed by atoms with Gasteiger partial charge in [0.1, 0.15) is 5.69 Å². The van der Waals surface area contributed by atoms with Gasteiger partial charge in [-0.15, -0.1) is 10.2 Å². The maximum Gasteiger partial charge on any atom is 0.233 e. The van der Waals surface area contributed by atoms with Crippen LogP contribution in [0, 0.1) is 13.8 Å². The van der Waals surface area contributed by atoms with Crippen LogP contribution in [0.25, 0.3) is 11.5 Å². The van der Waals surface area contributed by atoms with Crippen molar-refractivity contribution in [3.8, 4) is 17.4 Å². The lowest BCUT2D eigenvalue weighted by Crippen LogP contribution is -2.10. The van der Waals surface area contributed by atoms with Crippen molar-refractivity contribution in [1.29, 1.82) is 0 Å². The molecule has 2 aromatic rings. The van der Waals surface area contributed by atoms with Crippen molar-refractivity contribution in [3.05, 3.63) is 29.1 Å². The monoisotopic (exact) mass is 287 g/mol. The van der Waals surface area contributed by atoms with E-state index in [1.807, 2.05) is 27.0 Å². The lowest BCUT2D eigenvalue weighted by Gasteiger charge is -2.10. The summed E-state index contributed by atoms with van der Waals surface area (Å²) >= 11 is 0. The molecule has 0 aromatic carbocycles. The number of methoxy groups -OCH3 is 1. The maximum absolute atomic E-state index is 5.01. The van der Waals surface area contributed by atoms with Gasteiger partial charge < -0.3 is 10.1 Å². The van der Waals surface area contributed by atoms with E-state index in [0.717, 1.165) is 30.8 Å². The lowest BCUT2D eigenvalue weighted by molar-refractivity contribution is 0.392. The third kappa shape index (κ3) is 3.72. The molecular formula is C15H21N5O. The van der Waals surface area contributed by atoms with E-state index in [4.69, 9.17) is 4.74 Å². The zero-order chi connectivity index (χ0) is 15.2. The Morgan fingerprint density at radius 3 is 2.33 bits per heavy atom. The first-order chi connectivity index (χ1) is 10.2. The second-order valence-corrected chi connectivity index (χ2v) is 4.86. The number of aromatic nitrogens is 4. The molecule has 0 aliphatic rings. The van der Waals surface area contributed by atoms with Gasteiger partial charge in [-0.05, 0) is 51.9 Å². The first-order valence-corrected chi connectivity index (χ1v) is 7.02. The Morgan fingerprint density at radius 2 is 1.81 bits per heavy atom. The van der Waals surface area contributed by atoms with E-state index in [1.165, 1.54) is 5.56 Å². The third-order valence-corrected chi connectivity index (χ3v) is 3.35. The molecule has 0 aliphatic heterocycles. The molecule has 0 unspecified atom stereocenters. The molecule has 21 heavy (non-hydrogen) atoms. The zero-order valence-corrected chi connectivity index (χ0v) is 13.0. The van der Waals surface area contributed by atoms with Crippen molar-refractivity contribution in [2.75, 3.05) is 20.7 Å². The molecule has 6 nitrogen and oxygen atoms in total. The minimum absolute atomic E-state index is 0.482. The standard InChI is InChI=1S/C15H21N5O/c1-10-12(6-5-9-16-3)11(2)18-15(17-10)13-7-8-14(21-4)20-19-13/h7-8,16H,5-6,9H2,1-4H3. The summed E-state index contributed by atoms with van der Waals surface area (Å²) in [6.07, 6.45) is 2.05. The van der Waals surface area contributed by atoms with Crippen molar-refractivity contribution in [1.82, 2.24) is 25.5 Å². The van der Waals surface area contributed by atoms with Crippen LogP contribution in [-0.2, 0) is 6.42 Å². The van der Waals surface area contributed by atoms with Gasteiger partial charge in [0, 0.05) is 17.5 Å². The minimum Gasteiger partial charge on any atom is -0.480 e. The predicted molar refractivity (Wildman–Crippen MR) is 81.3 cm³/mol. The fraction of sp³-hybridized carbons (Fsp3) is 0.467. The van der Waals surface area contributed by atoms with E-state index in [2.05, 4.69) is 25.5 Å². The van der Waals surface area contributed by atoms with Gasteiger partial charge in [0.2, 0.25) is 5.88 Å². The average Bonchev–Trinajstić information content (AvgIpc) is 2.50. The van der Waals surface area contributed by atoms with Gasteiger partial charge in [0.15, 0.2) is 5.82 Å². The number of nitrogens with one attached hydrogen (secondary N) is 1. The molecule has 0 amide bonds. The summed E-state index contributed by atoms with van der Waals surface area (Å²) < 4.78 is 5.01. The van der Waals surface area contributed by atoms with Crippen LogP contribution in [0.5, 0.6) is 5.88 Å². The van der Waals surface area contributed by atoms with Crippen molar-refractivity contribution in [2.24, 2.45) is 0 Å². The molecular weight excluding hydrogens is 266 g/mol. The van der Waals surface area contributed by atoms with E-state index in [9.17, 15) is 0 Å². The van der Waals surface area contributed by atoms with Crippen LogP contribution in [0.1, 0.15) is 23.4 Å². The zero-order valence-electron chi connectivity index (χ0n) is 13.0.